The van der Waals surface area contributed by atoms with Gasteiger partial charge in [-0.05, 0) is 92.3 Å². The summed E-state index contributed by atoms with van der Waals surface area (Å²) in [7, 11) is 0. The Bertz CT molecular complexity index is 645. The molecule has 0 aromatic heterocycles. The van der Waals surface area contributed by atoms with E-state index < -0.39 is 5.97 Å². The first-order valence-corrected chi connectivity index (χ1v) is 11.6. The van der Waals surface area contributed by atoms with Gasteiger partial charge < -0.3 is 10.2 Å². The van der Waals surface area contributed by atoms with Crippen LogP contribution in [0.2, 0.25) is 0 Å². The minimum atomic E-state index is -0.729. The number of hydrogen-bond donors (Lipinski definition) is 2. The Morgan fingerprint density at radius 3 is 2.61 bits per heavy atom. The van der Waals surface area contributed by atoms with E-state index in [0.29, 0.717) is 54.1 Å². The predicted octanol–water partition coefficient (Wildman–Crippen LogP) is 4.69. The third-order valence-corrected chi connectivity index (χ3v) is 10.1. The smallest absolute Gasteiger partial charge is 0.303 e. The van der Waals surface area contributed by atoms with E-state index in [1.165, 1.54) is 12.8 Å². The molecule has 28 heavy (non-hydrogen) atoms. The van der Waals surface area contributed by atoms with Crippen LogP contribution in [0.3, 0.4) is 0 Å². The lowest BCUT2D eigenvalue weighted by Gasteiger charge is -2.60. The number of ketones is 1. The monoisotopic (exact) mass is 390 g/mol. The number of carbonyl (C=O) groups excluding carboxylic acids is 1. The van der Waals surface area contributed by atoms with Crippen LogP contribution >= 0.6 is 0 Å². The summed E-state index contributed by atoms with van der Waals surface area (Å²) in [6.07, 6.45) is 8.96. The zero-order valence-corrected chi connectivity index (χ0v) is 17.8. The molecule has 4 aliphatic rings. The van der Waals surface area contributed by atoms with Crippen LogP contribution in [0.25, 0.3) is 0 Å². The highest BCUT2D eigenvalue weighted by Crippen LogP contribution is 2.67. The van der Waals surface area contributed by atoms with E-state index in [2.05, 4.69) is 20.8 Å². The van der Waals surface area contributed by atoms with Crippen LogP contribution in [0.1, 0.15) is 85.0 Å². The lowest BCUT2D eigenvalue weighted by Crippen LogP contribution is -2.57. The van der Waals surface area contributed by atoms with Crippen molar-refractivity contribution in [3.8, 4) is 0 Å². The summed E-state index contributed by atoms with van der Waals surface area (Å²) < 4.78 is 0. The van der Waals surface area contributed by atoms with Crippen molar-refractivity contribution in [1.29, 1.82) is 0 Å². The highest BCUT2D eigenvalue weighted by molar-refractivity contribution is 5.87. The molecule has 4 aliphatic carbocycles. The Morgan fingerprint density at radius 1 is 1.14 bits per heavy atom. The molecule has 4 fully saturated rings. The van der Waals surface area contributed by atoms with E-state index in [1.807, 2.05) is 0 Å². The average molecular weight is 391 g/mol. The second-order valence-corrected chi connectivity index (χ2v) is 11.1. The molecule has 0 amide bonds. The Kier molecular flexibility index (Phi) is 5.17. The van der Waals surface area contributed by atoms with Gasteiger partial charge in [0.05, 0.1) is 6.10 Å². The van der Waals surface area contributed by atoms with Gasteiger partial charge in [-0.1, -0.05) is 20.8 Å². The molecule has 0 radical (unpaired) electrons. The van der Waals surface area contributed by atoms with Gasteiger partial charge in [0.2, 0.25) is 0 Å². The highest BCUT2D eigenvalue weighted by atomic mass is 16.4. The Morgan fingerprint density at radius 2 is 1.89 bits per heavy atom. The maximum absolute atomic E-state index is 13.6. The molecule has 4 heteroatoms. The van der Waals surface area contributed by atoms with E-state index in [9.17, 15) is 14.7 Å². The first kappa shape index (κ1) is 20.4. The lowest BCUT2D eigenvalue weighted by molar-refractivity contribution is -0.160. The molecule has 2 N–H and O–H groups in total. The fraction of sp³-hybridized carbons (Fsp3) is 0.917. The molecule has 1 unspecified atom stereocenters. The summed E-state index contributed by atoms with van der Waals surface area (Å²) in [4.78, 5) is 24.7. The highest BCUT2D eigenvalue weighted by Gasteiger charge is 2.63. The summed E-state index contributed by atoms with van der Waals surface area (Å²) in [5.74, 6) is 2.52. The summed E-state index contributed by atoms with van der Waals surface area (Å²) in [5.41, 5.74) is -0.0391. The van der Waals surface area contributed by atoms with Crippen LogP contribution in [-0.2, 0) is 9.59 Å². The normalized spacial score (nSPS) is 49.1. The zero-order valence-electron chi connectivity index (χ0n) is 17.8. The Labute approximate surface area is 169 Å². The van der Waals surface area contributed by atoms with Crippen molar-refractivity contribution >= 4 is 11.8 Å². The molecule has 158 valence electrons. The molecule has 0 bridgehead atoms. The largest absolute Gasteiger partial charge is 0.481 e. The molecule has 4 nitrogen and oxygen atoms in total. The Balaban J connectivity index is 1.57. The van der Waals surface area contributed by atoms with Gasteiger partial charge in [0.25, 0.3) is 0 Å². The molecule has 0 spiro atoms. The molecule has 4 saturated carbocycles. The first-order valence-electron chi connectivity index (χ1n) is 11.6. The quantitative estimate of drug-likeness (QED) is 0.730. The van der Waals surface area contributed by atoms with Crippen molar-refractivity contribution in [2.45, 2.75) is 91.1 Å². The van der Waals surface area contributed by atoms with E-state index in [0.717, 1.165) is 32.1 Å². The zero-order chi connectivity index (χ0) is 20.3. The second-order valence-electron chi connectivity index (χ2n) is 11.1. The van der Waals surface area contributed by atoms with Crippen LogP contribution in [0, 0.1) is 46.3 Å². The fourth-order valence-electron chi connectivity index (χ4n) is 8.44. The summed E-state index contributed by atoms with van der Waals surface area (Å²) in [6.45, 7) is 6.81. The minimum absolute atomic E-state index is 0.148. The predicted molar refractivity (Wildman–Crippen MR) is 108 cm³/mol. The number of carboxylic acid groups (broad SMARTS) is 1. The van der Waals surface area contributed by atoms with Crippen LogP contribution in [-0.4, -0.2) is 28.1 Å². The average Bonchev–Trinajstić information content (AvgIpc) is 3.00. The molecule has 0 saturated heterocycles. The van der Waals surface area contributed by atoms with Crippen molar-refractivity contribution in [2.75, 3.05) is 0 Å². The molecule has 0 heterocycles. The van der Waals surface area contributed by atoms with Gasteiger partial charge >= 0.3 is 5.97 Å². The molecule has 0 aliphatic heterocycles. The third kappa shape index (κ3) is 2.97. The van der Waals surface area contributed by atoms with Gasteiger partial charge in [0, 0.05) is 18.3 Å². The van der Waals surface area contributed by atoms with Crippen molar-refractivity contribution in [3.05, 3.63) is 0 Å². The van der Waals surface area contributed by atoms with Gasteiger partial charge in [-0.25, -0.2) is 0 Å². The number of Topliss-reactive ketones (excluding diaryl/α,β-unsaturated/α-hetero) is 1. The lowest BCUT2D eigenvalue weighted by atomic mass is 9.44. The first-order chi connectivity index (χ1) is 13.2. The molecular formula is C24H38O4. The summed E-state index contributed by atoms with van der Waals surface area (Å²) >= 11 is 0. The van der Waals surface area contributed by atoms with Gasteiger partial charge in [-0.15, -0.1) is 0 Å². The van der Waals surface area contributed by atoms with Gasteiger partial charge in [0.1, 0.15) is 5.78 Å². The van der Waals surface area contributed by atoms with Crippen molar-refractivity contribution in [3.63, 3.8) is 0 Å². The van der Waals surface area contributed by atoms with Gasteiger partial charge in [-0.2, -0.15) is 0 Å². The van der Waals surface area contributed by atoms with Crippen LogP contribution in [0.5, 0.6) is 0 Å². The molecule has 0 aromatic carbocycles. The topological polar surface area (TPSA) is 74.6 Å². The van der Waals surface area contributed by atoms with E-state index in [4.69, 9.17) is 5.11 Å². The van der Waals surface area contributed by atoms with Crippen LogP contribution < -0.4 is 0 Å². The van der Waals surface area contributed by atoms with Crippen LogP contribution in [0.15, 0.2) is 0 Å². The molecule has 0 aromatic rings. The standard InChI is InChI=1S/C24H38O4/c1-14(4-9-22(27)28)18-7-8-19-17-6-5-15-12-16(25)10-11-23(15,2)20(17)13-21(26)24(18,19)3/h14-20,25H,4-13H2,1-3H3,(H,27,28)/t14-,15-,16-,17+,18?,19+,20+,23+,24-/m1/s1. The van der Waals surface area contributed by atoms with Crippen molar-refractivity contribution < 1.29 is 19.8 Å². The van der Waals surface area contributed by atoms with Crippen LogP contribution in [0.4, 0.5) is 0 Å². The number of carboxylic acids is 1. The number of aliphatic carboxylic acids is 1. The number of carbonyl (C=O) groups is 2. The number of rotatable bonds is 4. The molecular weight excluding hydrogens is 352 g/mol. The summed E-state index contributed by atoms with van der Waals surface area (Å²) in [5, 5.41) is 19.3. The number of aliphatic hydroxyl groups excluding tert-OH is 1. The molecule has 9 atom stereocenters. The van der Waals surface area contributed by atoms with Crippen molar-refractivity contribution in [1.82, 2.24) is 0 Å². The number of hydrogen-bond acceptors (Lipinski definition) is 3. The van der Waals surface area contributed by atoms with E-state index in [-0.39, 0.29) is 23.4 Å². The Hall–Kier alpha value is -0.900. The number of fused-ring (bicyclic) bond motifs is 5. The SMILES string of the molecule is C[C@H](CCC(=O)O)C1CC[C@H]2[C@@H]3CC[C@@H]4C[C@H](O)CC[C@]4(C)[C@H]3CC(=O)[C@]12C. The van der Waals surface area contributed by atoms with E-state index in [1.54, 1.807) is 0 Å². The maximum Gasteiger partial charge on any atom is 0.303 e. The second kappa shape index (κ2) is 7.11. The minimum Gasteiger partial charge on any atom is -0.481 e. The number of aliphatic hydroxyl groups is 1. The van der Waals surface area contributed by atoms with Crippen molar-refractivity contribution in [2.24, 2.45) is 46.3 Å². The maximum atomic E-state index is 13.6. The van der Waals surface area contributed by atoms with Gasteiger partial charge in [0.15, 0.2) is 0 Å². The summed E-state index contributed by atoms with van der Waals surface area (Å²) in [6, 6.07) is 0. The van der Waals surface area contributed by atoms with Gasteiger partial charge in [-0.3, -0.25) is 9.59 Å². The van der Waals surface area contributed by atoms with E-state index >= 15 is 0 Å². The molecule has 4 rings (SSSR count). The fourth-order valence-corrected chi connectivity index (χ4v) is 8.44. The third-order valence-electron chi connectivity index (χ3n) is 10.1.